The van der Waals surface area contributed by atoms with Crippen LogP contribution < -0.4 is 4.90 Å². The molecule has 1 nitrogen and oxygen atoms in total. The Morgan fingerprint density at radius 2 is 0.771 bits per heavy atom. The smallest absolute Gasteiger partial charge is 0.0546 e. The van der Waals surface area contributed by atoms with Gasteiger partial charge in [-0.05, 0) is 68.0 Å². The lowest BCUT2D eigenvalue weighted by Crippen LogP contribution is -2.10. The van der Waals surface area contributed by atoms with Gasteiger partial charge in [-0.3, -0.25) is 0 Å². The highest BCUT2D eigenvalue weighted by molar-refractivity contribution is 6.14. The van der Waals surface area contributed by atoms with E-state index in [-0.39, 0.29) is 0 Å². The summed E-state index contributed by atoms with van der Waals surface area (Å²) in [5.74, 6) is 0. The molecular formula is C34H23N. The molecule has 1 heteroatoms. The molecule has 0 aliphatic rings. The summed E-state index contributed by atoms with van der Waals surface area (Å²) < 4.78 is 0. The summed E-state index contributed by atoms with van der Waals surface area (Å²) in [6, 6.07) is 50.4. The van der Waals surface area contributed by atoms with Crippen LogP contribution in [0.4, 0.5) is 17.1 Å². The number of benzene rings is 7. The molecule has 0 heterocycles. The summed E-state index contributed by atoms with van der Waals surface area (Å²) in [5.41, 5.74) is 3.49. The number of hydrogen-bond acceptors (Lipinski definition) is 1. The number of hydrogen-bond donors (Lipinski definition) is 0. The molecule has 7 aromatic rings. The maximum Gasteiger partial charge on any atom is 0.0546 e. The van der Waals surface area contributed by atoms with Crippen molar-refractivity contribution >= 4 is 60.2 Å². The Balaban J connectivity index is 1.57. The van der Waals surface area contributed by atoms with E-state index in [9.17, 15) is 0 Å². The predicted octanol–water partition coefficient (Wildman–Crippen LogP) is 9.77. The van der Waals surface area contributed by atoms with Crippen LogP contribution in [-0.2, 0) is 0 Å². The molecule has 0 fully saturated rings. The highest BCUT2D eigenvalue weighted by atomic mass is 15.1. The number of fused-ring (bicyclic) bond motifs is 5. The van der Waals surface area contributed by atoms with Gasteiger partial charge in [0.1, 0.15) is 0 Å². The van der Waals surface area contributed by atoms with Gasteiger partial charge in [-0.1, -0.05) is 109 Å². The van der Waals surface area contributed by atoms with E-state index in [4.69, 9.17) is 0 Å². The van der Waals surface area contributed by atoms with Crippen molar-refractivity contribution in [1.82, 2.24) is 0 Å². The second kappa shape index (κ2) is 8.00. The summed E-state index contributed by atoms with van der Waals surface area (Å²) in [5, 5.41) is 10.0. The second-order valence-corrected chi connectivity index (χ2v) is 9.06. The minimum Gasteiger partial charge on any atom is -0.310 e. The van der Waals surface area contributed by atoms with Crippen molar-refractivity contribution in [2.45, 2.75) is 0 Å². The van der Waals surface area contributed by atoms with Crippen molar-refractivity contribution in [1.29, 1.82) is 0 Å². The molecule has 0 unspecified atom stereocenters. The zero-order chi connectivity index (χ0) is 23.2. The Morgan fingerprint density at radius 1 is 0.314 bits per heavy atom. The monoisotopic (exact) mass is 445 g/mol. The average molecular weight is 446 g/mol. The molecule has 0 atom stereocenters. The van der Waals surface area contributed by atoms with Crippen LogP contribution in [0.15, 0.2) is 140 Å². The molecule has 0 bridgehead atoms. The minimum absolute atomic E-state index is 1.15. The quantitative estimate of drug-likeness (QED) is 0.245. The Bertz CT molecular complexity index is 1790. The molecule has 0 saturated heterocycles. The van der Waals surface area contributed by atoms with E-state index in [0.717, 1.165) is 11.4 Å². The standard InChI is InChI=1S/C34H23N/c1-3-11-26-21-29(19-17-24(26)9-1)35(30-20-18-25-10-2-4-12-27(25)22-30)34-23-28-13-5-6-14-31(28)32-15-7-8-16-33(32)34/h1-23H. The van der Waals surface area contributed by atoms with Gasteiger partial charge >= 0.3 is 0 Å². The molecular weight excluding hydrogens is 422 g/mol. The summed E-state index contributed by atoms with van der Waals surface area (Å²) in [7, 11) is 0. The SMILES string of the molecule is c1ccc2cc(N(c3ccc4ccccc4c3)c3cc4ccccc4c4ccccc34)ccc2c1. The van der Waals surface area contributed by atoms with Gasteiger partial charge in [0.25, 0.3) is 0 Å². The number of rotatable bonds is 3. The van der Waals surface area contributed by atoms with Crippen LogP contribution in [0.25, 0.3) is 43.1 Å². The third kappa shape index (κ3) is 3.33. The normalized spacial score (nSPS) is 11.4. The third-order valence-electron chi connectivity index (χ3n) is 6.97. The second-order valence-electron chi connectivity index (χ2n) is 9.06. The number of anilines is 3. The first-order valence-electron chi connectivity index (χ1n) is 12.0. The van der Waals surface area contributed by atoms with E-state index < -0.39 is 0 Å². The first kappa shape index (κ1) is 19.8. The minimum atomic E-state index is 1.15. The molecule has 0 aliphatic heterocycles. The molecule has 0 saturated carbocycles. The van der Waals surface area contributed by atoms with Crippen molar-refractivity contribution in [2.75, 3.05) is 4.90 Å². The molecule has 0 amide bonds. The molecule has 0 aliphatic carbocycles. The van der Waals surface area contributed by atoms with Crippen molar-refractivity contribution < 1.29 is 0 Å². The fourth-order valence-electron chi connectivity index (χ4n) is 5.28. The third-order valence-corrected chi connectivity index (χ3v) is 6.97. The zero-order valence-electron chi connectivity index (χ0n) is 19.2. The van der Waals surface area contributed by atoms with Gasteiger partial charge in [-0.2, -0.15) is 0 Å². The fourth-order valence-corrected chi connectivity index (χ4v) is 5.28. The van der Waals surface area contributed by atoms with E-state index in [1.165, 1.54) is 48.8 Å². The maximum atomic E-state index is 2.41. The van der Waals surface area contributed by atoms with E-state index in [0.29, 0.717) is 0 Å². The van der Waals surface area contributed by atoms with Crippen LogP contribution in [0.3, 0.4) is 0 Å². The van der Waals surface area contributed by atoms with Crippen LogP contribution in [-0.4, -0.2) is 0 Å². The molecule has 35 heavy (non-hydrogen) atoms. The van der Waals surface area contributed by atoms with Crippen molar-refractivity contribution in [3.8, 4) is 0 Å². The van der Waals surface area contributed by atoms with Gasteiger partial charge in [0.15, 0.2) is 0 Å². The van der Waals surface area contributed by atoms with E-state index in [1.54, 1.807) is 0 Å². The van der Waals surface area contributed by atoms with Crippen LogP contribution in [0.5, 0.6) is 0 Å². The van der Waals surface area contributed by atoms with E-state index in [2.05, 4.69) is 144 Å². The summed E-state index contributed by atoms with van der Waals surface area (Å²) >= 11 is 0. The van der Waals surface area contributed by atoms with Gasteiger partial charge in [0, 0.05) is 16.8 Å². The lowest BCUT2D eigenvalue weighted by atomic mass is 9.98. The molecule has 7 aromatic carbocycles. The summed E-state index contributed by atoms with van der Waals surface area (Å²) in [6.45, 7) is 0. The van der Waals surface area contributed by atoms with Crippen molar-refractivity contribution in [3.63, 3.8) is 0 Å². The topological polar surface area (TPSA) is 3.24 Å². The zero-order valence-corrected chi connectivity index (χ0v) is 19.2. The van der Waals surface area contributed by atoms with Gasteiger partial charge in [-0.25, -0.2) is 0 Å². The molecule has 0 spiro atoms. The van der Waals surface area contributed by atoms with Crippen LogP contribution in [0.2, 0.25) is 0 Å². The molecule has 0 N–H and O–H groups in total. The Morgan fingerprint density at radius 3 is 1.37 bits per heavy atom. The molecule has 0 aromatic heterocycles. The van der Waals surface area contributed by atoms with Gasteiger partial charge in [0.05, 0.1) is 5.69 Å². The highest BCUT2D eigenvalue weighted by Crippen LogP contribution is 2.43. The Kier molecular flexibility index (Phi) is 4.53. The van der Waals surface area contributed by atoms with Crippen molar-refractivity contribution in [2.24, 2.45) is 0 Å². The highest BCUT2D eigenvalue weighted by Gasteiger charge is 2.18. The van der Waals surface area contributed by atoms with Crippen LogP contribution in [0.1, 0.15) is 0 Å². The van der Waals surface area contributed by atoms with Crippen LogP contribution in [0, 0.1) is 0 Å². The largest absolute Gasteiger partial charge is 0.310 e. The molecule has 164 valence electrons. The van der Waals surface area contributed by atoms with Gasteiger partial charge in [-0.15, -0.1) is 0 Å². The fraction of sp³-hybridized carbons (Fsp3) is 0. The molecule has 7 rings (SSSR count). The van der Waals surface area contributed by atoms with Gasteiger partial charge < -0.3 is 4.90 Å². The number of nitrogens with zero attached hydrogens (tertiary/aromatic N) is 1. The average Bonchev–Trinajstić information content (AvgIpc) is 2.93. The Labute approximate surface area is 204 Å². The Hall–Kier alpha value is -4.62. The van der Waals surface area contributed by atoms with Crippen molar-refractivity contribution in [3.05, 3.63) is 140 Å². The summed E-state index contributed by atoms with van der Waals surface area (Å²) in [4.78, 5) is 2.41. The first-order valence-corrected chi connectivity index (χ1v) is 12.0. The molecule has 0 radical (unpaired) electrons. The maximum absolute atomic E-state index is 2.41. The predicted molar refractivity (Wildman–Crippen MR) is 151 cm³/mol. The van der Waals surface area contributed by atoms with Crippen LogP contribution >= 0.6 is 0 Å². The lowest BCUT2D eigenvalue weighted by Gasteiger charge is -2.28. The lowest BCUT2D eigenvalue weighted by molar-refractivity contribution is 1.31. The van der Waals surface area contributed by atoms with Gasteiger partial charge in [0.2, 0.25) is 0 Å². The summed E-state index contributed by atoms with van der Waals surface area (Å²) in [6.07, 6.45) is 0. The first-order chi connectivity index (χ1) is 17.3. The van der Waals surface area contributed by atoms with E-state index >= 15 is 0 Å². The van der Waals surface area contributed by atoms with E-state index in [1.807, 2.05) is 0 Å².